The third-order valence-corrected chi connectivity index (χ3v) is 4.98. The van der Waals surface area contributed by atoms with Gasteiger partial charge in [0.25, 0.3) is 0 Å². The second-order valence-electron chi connectivity index (χ2n) is 6.48. The van der Waals surface area contributed by atoms with Gasteiger partial charge in [0.05, 0.1) is 12.2 Å². The summed E-state index contributed by atoms with van der Waals surface area (Å²) in [5.74, 6) is 0.577. The first-order chi connectivity index (χ1) is 10.1. The van der Waals surface area contributed by atoms with E-state index in [0.29, 0.717) is 12.0 Å². The van der Waals surface area contributed by atoms with Crippen LogP contribution in [0.4, 0.5) is 0 Å². The number of rotatable bonds is 3. The van der Waals surface area contributed by atoms with Crippen molar-refractivity contribution in [1.82, 2.24) is 10.3 Å². The van der Waals surface area contributed by atoms with Crippen molar-refractivity contribution in [2.24, 2.45) is 5.92 Å². The first kappa shape index (κ1) is 14.9. The number of nitrogens with one attached hydrogen (secondary N) is 1. The molecule has 2 fully saturated rings. The first-order valence-corrected chi connectivity index (χ1v) is 7.97. The van der Waals surface area contributed by atoms with Gasteiger partial charge in [0, 0.05) is 37.1 Å². The van der Waals surface area contributed by atoms with Crippen molar-refractivity contribution in [3.8, 4) is 0 Å². The molecule has 1 spiro atoms. The Kier molecular flexibility index (Phi) is 4.29. The van der Waals surface area contributed by atoms with E-state index in [0.717, 1.165) is 50.5 Å². The van der Waals surface area contributed by atoms with E-state index in [1.807, 2.05) is 6.92 Å². The van der Waals surface area contributed by atoms with Crippen LogP contribution in [0.3, 0.4) is 0 Å². The van der Waals surface area contributed by atoms with Gasteiger partial charge in [-0.1, -0.05) is 6.07 Å². The number of nitrogens with zero attached hydrogens (tertiary/aromatic N) is 1. The fourth-order valence-corrected chi connectivity index (χ4v) is 3.88. The molecule has 2 aliphatic rings. The van der Waals surface area contributed by atoms with E-state index in [1.54, 1.807) is 0 Å². The van der Waals surface area contributed by atoms with Gasteiger partial charge in [0.15, 0.2) is 0 Å². The fraction of sp³-hybridized carbons (Fsp3) is 0.706. The summed E-state index contributed by atoms with van der Waals surface area (Å²) in [4.78, 5) is 4.63. The van der Waals surface area contributed by atoms with E-state index in [-0.39, 0.29) is 5.60 Å². The van der Waals surface area contributed by atoms with Crippen LogP contribution in [0.25, 0.3) is 0 Å². The highest BCUT2D eigenvalue weighted by atomic mass is 16.6. The molecule has 0 aliphatic carbocycles. The zero-order valence-corrected chi connectivity index (χ0v) is 13.3. The highest BCUT2D eigenvalue weighted by molar-refractivity contribution is 5.26. The van der Waals surface area contributed by atoms with Crippen molar-refractivity contribution in [3.63, 3.8) is 0 Å². The normalized spacial score (nSPS) is 30.7. The largest absolute Gasteiger partial charge is 0.378 e. The summed E-state index contributed by atoms with van der Waals surface area (Å²) in [5, 5.41) is 3.52. The molecule has 0 radical (unpaired) electrons. The van der Waals surface area contributed by atoms with Crippen molar-refractivity contribution in [1.29, 1.82) is 0 Å². The van der Waals surface area contributed by atoms with Gasteiger partial charge in [0.1, 0.15) is 0 Å². The molecule has 3 atom stereocenters. The monoisotopic (exact) mass is 290 g/mol. The lowest BCUT2D eigenvalue weighted by Crippen LogP contribution is -2.43. The average Bonchev–Trinajstić information content (AvgIpc) is 2.90. The standard InChI is InChI=1S/C17H26N2O2/c1-12-4-5-15(13(2)19-12)16(18-3)14-6-8-21-17(10-14)7-9-20-11-17/h4-5,14,16,18H,6-11H2,1-3H3. The fourth-order valence-electron chi connectivity index (χ4n) is 3.88. The van der Waals surface area contributed by atoms with E-state index in [9.17, 15) is 0 Å². The number of hydrogen-bond acceptors (Lipinski definition) is 4. The molecule has 0 amide bonds. The molecule has 2 saturated heterocycles. The van der Waals surface area contributed by atoms with Crippen molar-refractivity contribution in [2.45, 2.75) is 44.8 Å². The Morgan fingerprint density at radius 1 is 1.33 bits per heavy atom. The van der Waals surface area contributed by atoms with Crippen LogP contribution in [0, 0.1) is 19.8 Å². The van der Waals surface area contributed by atoms with Crippen LogP contribution in [0.5, 0.6) is 0 Å². The predicted molar refractivity (Wildman–Crippen MR) is 82.4 cm³/mol. The minimum absolute atomic E-state index is 0.0377. The van der Waals surface area contributed by atoms with Crippen LogP contribution < -0.4 is 5.32 Å². The van der Waals surface area contributed by atoms with Gasteiger partial charge < -0.3 is 14.8 Å². The molecular formula is C17H26N2O2. The second-order valence-corrected chi connectivity index (χ2v) is 6.48. The van der Waals surface area contributed by atoms with Gasteiger partial charge >= 0.3 is 0 Å². The molecule has 0 bridgehead atoms. The molecule has 1 N–H and O–H groups in total. The molecule has 4 heteroatoms. The smallest absolute Gasteiger partial charge is 0.0940 e. The van der Waals surface area contributed by atoms with Gasteiger partial charge in [-0.3, -0.25) is 4.98 Å². The third kappa shape index (κ3) is 2.98. The summed E-state index contributed by atoms with van der Waals surface area (Å²) >= 11 is 0. The lowest BCUT2D eigenvalue weighted by Gasteiger charge is -2.40. The van der Waals surface area contributed by atoms with Crippen molar-refractivity contribution >= 4 is 0 Å². The molecule has 0 aromatic carbocycles. The van der Waals surface area contributed by atoms with Crippen LogP contribution in [0.2, 0.25) is 0 Å². The van der Waals surface area contributed by atoms with E-state index in [2.05, 4.69) is 36.4 Å². The van der Waals surface area contributed by atoms with Crippen molar-refractivity contribution in [2.75, 3.05) is 26.9 Å². The molecular weight excluding hydrogens is 264 g/mol. The maximum absolute atomic E-state index is 6.07. The second kappa shape index (κ2) is 6.03. The summed E-state index contributed by atoms with van der Waals surface area (Å²) in [6, 6.07) is 4.69. The van der Waals surface area contributed by atoms with Gasteiger partial charge in [-0.25, -0.2) is 0 Å². The molecule has 4 nitrogen and oxygen atoms in total. The van der Waals surface area contributed by atoms with E-state index in [1.165, 1.54) is 5.56 Å². The highest BCUT2D eigenvalue weighted by Gasteiger charge is 2.43. The zero-order chi connectivity index (χ0) is 14.9. The Morgan fingerprint density at radius 2 is 2.19 bits per heavy atom. The van der Waals surface area contributed by atoms with Gasteiger partial charge in [-0.2, -0.15) is 0 Å². The van der Waals surface area contributed by atoms with E-state index >= 15 is 0 Å². The Morgan fingerprint density at radius 3 is 2.86 bits per heavy atom. The maximum atomic E-state index is 6.07. The summed E-state index contributed by atoms with van der Waals surface area (Å²) in [6.07, 6.45) is 3.21. The molecule has 3 rings (SSSR count). The number of pyridine rings is 1. The number of hydrogen-bond donors (Lipinski definition) is 1. The Labute approximate surface area is 127 Å². The number of aryl methyl sites for hydroxylation is 2. The van der Waals surface area contributed by atoms with E-state index < -0.39 is 0 Å². The summed E-state index contributed by atoms with van der Waals surface area (Å²) in [5.41, 5.74) is 3.50. The number of aromatic nitrogens is 1. The van der Waals surface area contributed by atoms with Crippen LogP contribution in [-0.2, 0) is 9.47 Å². The highest BCUT2D eigenvalue weighted by Crippen LogP contribution is 2.41. The quantitative estimate of drug-likeness (QED) is 0.929. The van der Waals surface area contributed by atoms with E-state index in [4.69, 9.17) is 9.47 Å². The lowest BCUT2D eigenvalue weighted by atomic mass is 9.78. The minimum atomic E-state index is -0.0377. The van der Waals surface area contributed by atoms with Gasteiger partial charge in [0.2, 0.25) is 0 Å². The Hall–Kier alpha value is -0.970. The van der Waals surface area contributed by atoms with Crippen molar-refractivity contribution < 1.29 is 9.47 Å². The predicted octanol–water partition coefficient (Wildman–Crippen LogP) is 2.54. The van der Waals surface area contributed by atoms with Crippen LogP contribution in [0.1, 0.15) is 42.3 Å². The summed E-state index contributed by atoms with van der Waals surface area (Å²) in [7, 11) is 2.05. The Bertz CT molecular complexity index is 498. The topological polar surface area (TPSA) is 43.4 Å². The van der Waals surface area contributed by atoms with Crippen LogP contribution >= 0.6 is 0 Å². The molecule has 3 heterocycles. The molecule has 21 heavy (non-hydrogen) atoms. The van der Waals surface area contributed by atoms with Crippen LogP contribution in [-0.4, -0.2) is 37.5 Å². The molecule has 0 saturated carbocycles. The molecule has 1 aromatic heterocycles. The Balaban J connectivity index is 1.82. The number of ether oxygens (including phenoxy) is 2. The molecule has 116 valence electrons. The SMILES string of the molecule is CNC(c1ccc(C)nc1C)C1CCOC2(CCOC2)C1. The van der Waals surface area contributed by atoms with Gasteiger partial charge in [-0.15, -0.1) is 0 Å². The van der Waals surface area contributed by atoms with Gasteiger partial charge in [-0.05, 0) is 51.3 Å². The van der Waals surface area contributed by atoms with Crippen molar-refractivity contribution in [3.05, 3.63) is 29.1 Å². The maximum Gasteiger partial charge on any atom is 0.0940 e. The molecule has 3 unspecified atom stereocenters. The molecule has 1 aromatic rings. The average molecular weight is 290 g/mol. The lowest BCUT2D eigenvalue weighted by molar-refractivity contribution is -0.103. The third-order valence-electron chi connectivity index (χ3n) is 4.98. The summed E-state index contributed by atoms with van der Waals surface area (Å²) < 4.78 is 11.7. The first-order valence-electron chi connectivity index (χ1n) is 7.97. The minimum Gasteiger partial charge on any atom is -0.378 e. The summed E-state index contributed by atoms with van der Waals surface area (Å²) in [6.45, 7) is 6.59. The molecule has 2 aliphatic heterocycles. The van der Waals surface area contributed by atoms with Crippen LogP contribution in [0.15, 0.2) is 12.1 Å². The zero-order valence-electron chi connectivity index (χ0n) is 13.3.